The zero-order chi connectivity index (χ0) is 16.2. The SMILES string of the molecule is C=C1Nc2ncnn2[C@H](c2ccccc2)[C@H]1C(=O)OCCCC. The van der Waals surface area contributed by atoms with E-state index in [2.05, 4.69) is 28.9 Å². The third-order valence-electron chi connectivity index (χ3n) is 3.94. The van der Waals surface area contributed by atoms with Crippen LogP contribution >= 0.6 is 0 Å². The first-order valence-corrected chi connectivity index (χ1v) is 7.79. The van der Waals surface area contributed by atoms with Crippen LogP contribution in [-0.2, 0) is 9.53 Å². The molecular weight excluding hydrogens is 292 g/mol. The Morgan fingerprint density at radius 1 is 1.39 bits per heavy atom. The number of fused-ring (bicyclic) bond motifs is 1. The number of ether oxygens (including phenoxy) is 1. The van der Waals surface area contributed by atoms with E-state index >= 15 is 0 Å². The minimum atomic E-state index is -0.538. The quantitative estimate of drug-likeness (QED) is 0.679. The number of anilines is 1. The van der Waals surface area contributed by atoms with Crippen LogP contribution in [-0.4, -0.2) is 27.3 Å². The number of benzene rings is 1. The highest BCUT2D eigenvalue weighted by Gasteiger charge is 2.40. The van der Waals surface area contributed by atoms with E-state index in [0.29, 0.717) is 18.3 Å². The number of unbranched alkanes of at least 4 members (excludes halogenated alkanes) is 1. The van der Waals surface area contributed by atoms with Gasteiger partial charge in [-0.05, 0) is 12.0 Å². The van der Waals surface area contributed by atoms with Crippen LogP contribution in [0.4, 0.5) is 5.95 Å². The lowest BCUT2D eigenvalue weighted by atomic mass is 9.89. The predicted octanol–water partition coefficient (Wildman–Crippen LogP) is 2.77. The van der Waals surface area contributed by atoms with Crippen LogP contribution in [0.25, 0.3) is 0 Å². The lowest BCUT2D eigenvalue weighted by Gasteiger charge is -2.33. The lowest BCUT2D eigenvalue weighted by molar-refractivity contribution is -0.148. The molecular formula is C17H20N4O2. The summed E-state index contributed by atoms with van der Waals surface area (Å²) < 4.78 is 7.15. The predicted molar refractivity (Wildman–Crippen MR) is 86.7 cm³/mol. The van der Waals surface area contributed by atoms with Gasteiger partial charge in [-0.3, -0.25) is 4.79 Å². The standard InChI is InChI=1S/C17H20N4O2/c1-3-4-10-23-16(22)14-12(2)20-17-18-11-19-21(17)15(14)13-8-6-5-7-9-13/h5-9,11,14-15H,2-4,10H2,1H3,(H,18,19,20)/t14-,15+/m0/s1. The molecule has 3 rings (SSSR count). The second-order valence-electron chi connectivity index (χ2n) is 5.53. The molecule has 6 nitrogen and oxygen atoms in total. The maximum Gasteiger partial charge on any atom is 0.317 e. The summed E-state index contributed by atoms with van der Waals surface area (Å²) in [6, 6.07) is 9.46. The van der Waals surface area contributed by atoms with Crippen molar-refractivity contribution in [3.05, 3.63) is 54.5 Å². The molecule has 0 saturated heterocycles. The van der Waals surface area contributed by atoms with Gasteiger partial charge >= 0.3 is 5.97 Å². The Kier molecular flexibility index (Phi) is 4.41. The van der Waals surface area contributed by atoms with Gasteiger partial charge in [-0.2, -0.15) is 10.1 Å². The van der Waals surface area contributed by atoms with Crippen LogP contribution in [0, 0.1) is 5.92 Å². The van der Waals surface area contributed by atoms with Crippen molar-refractivity contribution in [1.29, 1.82) is 0 Å². The van der Waals surface area contributed by atoms with Gasteiger partial charge in [-0.25, -0.2) is 4.68 Å². The first-order chi connectivity index (χ1) is 11.2. The van der Waals surface area contributed by atoms with Gasteiger partial charge < -0.3 is 10.1 Å². The molecule has 0 radical (unpaired) electrons. The number of nitrogens with zero attached hydrogens (tertiary/aromatic N) is 3. The molecule has 0 unspecified atom stereocenters. The molecule has 1 aromatic carbocycles. The van der Waals surface area contributed by atoms with Crippen LogP contribution in [0.2, 0.25) is 0 Å². The Balaban J connectivity index is 1.95. The number of carbonyl (C=O) groups excluding carboxylic acids is 1. The third kappa shape index (κ3) is 2.97. The molecule has 2 aromatic rings. The van der Waals surface area contributed by atoms with Gasteiger partial charge in [-0.1, -0.05) is 50.3 Å². The highest BCUT2D eigenvalue weighted by Crippen LogP contribution is 2.37. The zero-order valence-corrected chi connectivity index (χ0v) is 13.1. The zero-order valence-electron chi connectivity index (χ0n) is 13.1. The Bertz CT molecular complexity index is 696. The highest BCUT2D eigenvalue weighted by atomic mass is 16.5. The molecule has 6 heteroatoms. The molecule has 0 amide bonds. The monoisotopic (exact) mass is 312 g/mol. The number of esters is 1. The molecule has 0 fully saturated rings. The fourth-order valence-corrected chi connectivity index (χ4v) is 2.76. The second kappa shape index (κ2) is 6.64. The van der Waals surface area contributed by atoms with Crippen molar-refractivity contribution in [2.75, 3.05) is 11.9 Å². The van der Waals surface area contributed by atoms with Gasteiger partial charge in [0, 0.05) is 5.70 Å². The maximum atomic E-state index is 12.6. The molecule has 2 atom stereocenters. The van der Waals surface area contributed by atoms with E-state index in [9.17, 15) is 4.79 Å². The first-order valence-electron chi connectivity index (χ1n) is 7.79. The summed E-state index contributed by atoms with van der Waals surface area (Å²) in [5.74, 6) is -0.240. The molecule has 120 valence electrons. The average Bonchev–Trinajstić information content (AvgIpc) is 3.02. The van der Waals surface area contributed by atoms with Crippen molar-refractivity contribution in [3.63, 3.8) is 0 Å². The second-order valence-corrected chi connectivity index (χ2v) is 5.53. The number of nitrogens with one attached hydrogen (secondary N) is 1. The molecule has 0 aliphatic carbocycles. The topological polar surface area (TPSA) is 69.0 Å². The van der Waals surface area contributed by atoms with Gasteiger partial charge in [-0.15, -0.1) is 0 Å². The van der Waals surface area contributed by atoms with Gasteiger partial charge in [0.05, 0.1) is 12.6 Å². The largest absolute Gasteiger partial charge is 0.465 e. The highest BCUT2D eigenvalue weighted by molar-refractivity contribution is 5.79. The van der Waals surface area contributed by atoms with Gasteiger partial charge in [0.15, 0.2) is 0 Å². The number of rotatable bonds is 5. The minimum absolute atomic E-state index is 0.286. The van der Waals surface area contributed by atoms with E-state index in [1.54, 1.807) is 4.68 Å². The summed E-state index contributed by atoms with van der Waals surface area (Å²) in [5.41, 5.74) is 1.56. The van der Waals surface area contributed by atoms with Crippen molar-refractivity contribution in [2.24, 2.45) is 5.92 Å². The van der Waals surface area contributed by atoms with Crippen molar-refractivity contribution < 1.29 is 9.53 Å². The normalized spacial score (nSPS) is 19.8. The van der Waals surface area contributed by atoms with E-state index < -0.39 is 5.92 Å². The summed E-state index contributed by atoms with van der Waals surface area (Å²) in [5, 5.41) is 7.33. The third-order valence-corrected chi connectivity index (χ3v) is 3.94. The van der Waals surface area contributed by atoms with Crippen LogP contribution in [0.15, 0.2) is 48.9 Å². The van der Waals surface area contributed by atoms with E-state index in [1.165, 1.54) is 6.33 Å². The van der Waals surface area contributed by atoms with Gasteiger partial charge in [0.2, 0.25) is 5.95 Å². The first kappa shape index (κ1) is 15.3. The van der Waals surface area contributed by atoms with E-state index in [4.69, 9.17) is 4.74 Å². The van der Waals surface area contributed by atoms with Crippen LogP contribution < -0.4 is 5.32 Å². The van der Waals surface area contributed by atoms with Crippen LogP contribution in [0.3, 0.4) is 0 Å². The number of carbonyl (C=O) groups is 1. The Hall–Kier alpha value is -2.63. The van der Waals surface area contributed by atoms with Crippen LogP contribution in [0.5, 0.6) is 0 Å². The van der Waals surface area contributed by atoms with E-state index in [1.807, 2.05) is 30.3 Å². The van der Waals surface area contributed by atoms with Crippen molar-refractivity contribution in [3.8, 4) is 0 Å². The molecule has 0 spiro atoms. The number of hydrogen-bond donors (Lipinski definition) is 1. The Labute approximate surface area is 135 Å². The van der Waals surface area contributed by atoms with Crippen molar-refractivity contribution >= 4 is 11.9 Å². The summed E-state index contributed by atoms with van der Waals surface area (Å²) in [6.45, 7) is 6.49. The Morgan fingerprint density at radius 3 is 2.91 bits per heavy atom. The fraction of sp³-hybridized carbons (Fsp3) is 0.353. The summed E-state index contributed by atoms with van der Waals surface area (Å²) in [7, 11) is 0. The molecule has 1 aromatic heterocycles. The fourth-order valence-electron chi connectivity index (χ4n) is 2.76. The summed E-state index contributed by atoms with van der Waals surface area (Å²) in [4.78, 5) is 16.8. The average molecular weight is 312 g/mol. The number of aromatic nitrogens is 3. The minimum Gasteiger partial charge on any atom is -0.465 e. The Morgan fingerprint density at radius 2 is 2.17 bits per heavy atom. The molecule has 1 aliphatic rings. The van der Waals surface area contributed by atoms with Gasteiger partial charge in [0.25, 0.3) is 0 Å². The molecule has 1 aliphatic heterocycles. The lowest BCUT2D eigenvalue weighted by Crippen LogP contribution is -2.37. The number of hydrogen-bond acceptors (Lipinski definition) is 5. The molecule has 1 N–H and O–H groups in total. The molecule has 0 bridgehead atoms. The molecule has 23 heavy (non-hydrogen) atoms. The van der Waals surface area contributed by atoms with Crippen molar-refractivity contribution in [1.82, 2.24) is 14.8 Å². The molecule has 0 saturated carbocycles. The van der Waals surface area contributed by atoms with Gasteiger partial charge in [0.1, 0.15) is 12.2 Å². The smallest absolute Gasteiger partial charge is 0.317 e. The van der Waals surface area contributed by atoms with Crippen LogP contribution in [0.1, 0.15) is 31.4 Å². The summed E-state index contributed by atoms with van der Waals surface area (Å²) in [6.07, 6.45) is 3.30. The van der Waals surface area contributed by atoms with Crippen molar-refractivity contribution in [2.45, 2.75) is 25.8 Å². The maximum absolute atomic E-state index is 12.6. The molecule has 2 heterocycles. The van der Waals surface area contributed by atoms with E-state index in [-0.39, 0.29) is 12.0 Å². The van der Waals surface area contributed by atoms with E-state index in [0.717, 1.165) is 18.4 Å². The summed E-state index contributed by atoms with van der Waals surface area (Å²) >= 11 is 0.